The second-order valence-corrected chi connectivity index (χ2v) is 7.49. The van der Waals surface area contributed by atoms with Crippen LogP contribution in [0.15, 0.2) is 36.9 Å². The molecule has 0 N–H and O–H groups in total. The van der Waals surface area contributed by atoms with Crippen molar-refractivity contribution in [2.75, 3.05) is 7.11 Å². The molecule has 4 heteroatoms. The van der Waals surface area contributed by atoms with Crippen LogP contribution in [0, 0.1) is 17.3 Å². The van der Waals surface area contributed by atoms with E-state index < -0.39 is 0 Å². The average Bonchev–Trinajstić information content (AvgIpc) is 2.89. The first-order valence-electron chi connectivity index (χ1n) is 8.87. The number of Topliss-reactive ketones (excluding diaryl/α,β-unsaturated/α-hetero) is 1. The van der Waals surface area contributed by atoms with Crippen molar-refractivity contribution in [3.63, 3.8) is 0 Å². The molecule has 2 fully saturated rings. The van der Waals surface area contributed by atoms with Gasteiger partial charge in [0.05, 0.1) is 7.11 Å². The summed E-state index contributed by atoms with van der Waals surface area (Å²) >= 11 is 0. The third kappa shape index (κ3) is 2.99. The molecule has 0 amide bonds. The average molecular weight is 342 g/mol. The van der Waals surface area contributed by atoms with Gasteiger partial charge in [0, 0.05) is 24.7 Å². The molecule has 0 radical (unpaired) electrons. The monoisotopic (exact) mass is 342 g/mol. The zero-order chi connectivity index (χ0) is 18.2. The largest absolute Gasteiger partial charge is 0.497 e. The molecule has 5 atom stereocenters. The zero-order valence-electron chi connectivity index (χ0n) is 15.2. The molecule has 4 nitrogen and oxygen atoms in total. The van der Waals surface area contributed by atoms with Crippen molar-refractivity contribution < 1.29 is 19.1 Å². The minimum Gasteiger partial charge on any atom is -0.497 e. The Balaban J connectivity index is 1.93. The predicted octanol–water partition coefficient (Wildman–Crippen LogP) is 3.90. The summed E-state index contributed by atoms with van der Waals surface area (Å²) in [7, 11) is 1.63. The van der Waals surface area contributed by atoms with E-state index in [0.717, 1.165) is 24.2 Å². The molecule has 2 aliphatic carbocycles. The Morgan fingerprint density at radius 1 is 1.28 bits per heavy atom. The number of benzene rings is 1. The van der Waals surface area contributed by atoms with Crippen LogP contribution in [0.1, 0.15) is 44.6 Å². The molecule has 134 valence electrons. The number of ether oxygens (including phenoxy) is 2. The van der Waals surface area contributed by atoms with Gasteiger partial charge in [-0.05, 0) is 42.4 Å². The Morgan fingerprint density at radius 2 is 1.96 bits per heavy atom. The van der Waals surface area contributed by atoms with Crippen LogP contribution in [0.3, 0.4) is 0 Å². The Bertz CT molecular complexity index is 678. The number of hydrogen-bond acceptors (Lipinski definition) is 4. The Morgan fingerprint density at radius 3 is 2.52 bits per heavy atom. The maximum atomic E-state index is 13.1. The highest BCUT2D eigenvalue weighted by Gasteiger charge is 2.57. The quantitative estimate of drug-likeness (QED) is 0.615. The van der Waals surface area contributed by atoms with Gasteiger partial charge in [-0.3, -0.25) is 9.59 Å². The highest BCUT2D eigenvalue weighted by atomic mass is 16.5. The van der Waals surface area contributed by atoms with Gasteiger partial charge in [0.25, 0.3) is 0 Å². The fourth-order valence-electron chi connectivity index (χ4n) is 4.95. The van der Waals surface area contributed by atoms with Gasteiger partial charge in [-0.25, -0.2) is 0 Å². The van der Waals surface area contributed by atoms with Gasteiger partial charge in [0.15, 0.2) is 0 Å². The summed E-state index contributed by atoms with van der Waals surface area (Å²) < 4.78 is 10.8. The van der Waals surface area contributed by atoms with Crippen LogP contribution < -0.4 is 4.74 Å². The molecule has 2 saturated carbocycles. The maximum Gasteiger partial charge on any atom is 0.302 e. The highest BCUT2D eigenvalue weighted by Crippen LogP contribution is 2.58. The van der Waals surface area contributed by atoms with Crippen molar-refractivity contribution in [2.24, 2.45) is 17.3 Å². The Hall–Kier alpha value is -2.10. The number of allylic oxidation sites excluding steroid dienone is 1. The van der Waals surface area contributed by atoms with Crippen molar-refractivity contribution >= 4 is 11.8 Å². The van der Waals surface area contributed by atoms with Gasteiger partial charge in [0.2, 0.25) is 0 Å². The van der Waals surface area contributed by atoms with Gasteiger partial charge < -0.3 is 9.47 Å². The van der Waals surface area contributed by atoms with Gasteiger partial charge in [-0.15, -0.1) is 6.58 Å². The van der Waals surface area contributed by atoms with Crippen LogP contribution in [-0.2, 0) is 14.3 Å². The third-order valence-electron chi connectivity index (χ3n) is 6.13. The molecule has 0 spiro atoms. The lowest BCUT2D eigenvalue weighted by Crippen LogP contribution is -2.47. The molecule has 1 unspecified atom stereocenters. The van der Waals surface area contributed by atoms with Gasteiger partial charge in [-0.1, -0.05) is 25.1 Å². The fourth-order valence-corrected chi connectivity index (χ4v) is 4.95. The van der Waals surface area contributed by atoms with E-state index in [2.05, 4.69) is 13.5 Å². The molecule has 2 aliphatic rings. The summed E-state index contributed by atoms with van der Waals surface area (Å²) in [6.07, 6.45) is 3.94. The summed E-state index contributed by atoms with van der Waals surface area (Å²) in [6.45, 7) is 7.55. The molecule has 0 heterocycles. The van der Waals surface area contributed by atoms with Crippen molar-refractivity contribution in [1.82, 2.24) is 0 Å². The first-order valence-corrected chi connectivity index (χ1v) is 8.87. The van der Waals surface area contributed by atoms with Crippen molar-refractivity contribution in [2.45, 2.75) is 45.1 Å². The lowest BCUT2D eigenvalue weighted by Gasteiger charge is -2.46. The van der Waals surface area contributed by atoms with Crippen LogP contribution in [0.2, 0.25) is 0 Å². The lowest BCUT2D eigenvalue weighted by atomic mass is 9.58. The molecule has 1 aromatic rings. The zero-order valence-corrected chi connectivity index (χ0v) is 15.2. The number of ketones is 1. The highest BCUT2D eigenvalue weighted by molar-refractivity contribution is 5.88. The summed E-state index contributed by atoms with van der Waals surface area (Å²) in [5.41, 5.74) is 0.707. The standard InChI is InChI=1S/C21H26O4/c1-5-16-17-10-11-19(25-13(2)22)21(17,3)12-18(23)20(16)14-6-8-15(24-4)9-7-14/h5-9,16-17,19-20H,1,10-12H2,2-4H3/t16?,17-,19-,20+,21-/m0/s1. The molecule has 25 heavy (non-hydrogen) atoms. The fraction of sp³-hybridized carbons (Fsp3) is 0.524. The molecule has 0 aliphatic heterocycles. The van der Waals surface area contributed by atoms with Gasteiger partial charge >= 0.3 is 5.97 Å². The predicted molar refractivity (Wildman–Crippen MR) is 95.4 cm³/mol. The molecule has 1 aromatic carbocycles. The summed E-state index contributed by atoms with van der Waals surface area (Å²) in [6, 6.07) is 7.73. The van der Waals surface area contributed by atoms with Crippen LogP contribution in [0.4, 0.5) is 0 Å². The molecular weight excluding hydrogens is 316 g/mol. The lowest BCUT2D eigenvalue weighted by molar-refractivity contribution is -0.157. The van der Waals surface area contributed by atoms with Crippen LogP contribution in [0.25, 0.3) is 0 Å². The molecular formula is C21H26O4. The minimum absolute atomic E-state index is 0.0557. The number of methoxy groups -OCH3 is 1. The normalized spacial score (nSPS) is 34.3. The summed E-state index contributed by atoms with van der Waals surface area (Å²) in [4.78, 5) is 24.5. The SMILES string of the molecule is C=CC1[C@@H](c2ccc(OC)cc2)C(=O)C[C@]2(C)[C@@H](OC(C)=O)CC[C@@H]12. The summed E-state index contributed by atoms with van der Waals surface area (Å²) in [5.74, 6) is 0.874. The Labute approximate surface area is 149 Å². The van der Waals surface area contributed by atoms with Gasteiger partial charge in [-0.2, -0.15) is 0 Å². The second kappa shape index (κ2) is 6.66. The number of carbonyl (C=O) groups excluding carboxylic acids is 2. The van der Waals surface area contributed by atoms with Crippen LogP contribution >= 0.6 is 0 Å². The number of hydrogen-bond donors (Lipinski definition) is 0. The molecule has 0 aromatic heterocycles. The van der Waals surface area contributed by atoms with Crippen LogP contribution in [0.5, 0.6) is 5.75 Å². The first kappa shape index (κ1) is 17.7. The number of esters is 1. The maximum absolute atomic E-state index is 13.1. The van der Waals surface area contributed by atoms with E-state index >= 15 is 0 Å². The van der Waals surface area contributed by atoms with E-state index in [1.54, 1.807) is 7.11 Å². The van der Waals surface area contributed by atoms with E-state index in [-0.39, 0.29) is 35.1 Å². The molecule has 0 saturated heterocycles. The molecule has 0 bridgehead atoms. The third-order valence-corrected chi connectivity index (χ3v) is 6.13. The van der Waals surface area contributed by atoms with E-state index in [9.17, 15) is 9.59 Å². The second-order valence-electron chi connectivity index (χ2n) is 7.49. The smallest absolute Gasteiger partial charge is 0.302 e. The molecule has 3 rings (SSSR count). The minimum atomic E-state index is -0.301. The Kier molecular flexibility index (Phi) is 4.72. The van der Waals surface area contributed by atoms with E-state index in [1.807, 2.05) is 30.3 Å². The van der Waals surface area contributed by atoms with E-state index in [1.165, 1.54) is 6.92 Å². The van der Waals surface area contributed by atoms with Crippen LogP contribution in [-0.4, -0.2) is 25.0 Å². The number of rotatable bonds is 4. The number of carbonyl (C=O) groups is 2. The summed E-state index contributed by atoms with van der Waals surface area (Å²) in [5, 5.41) is 0. The van der Waals surface area contributed by atoms with Crippen molar-refractivity contribution in [3.05, 3.63) is 42.5 Å². The number of fused-ring (bicyclic) bond motifs is 1. The van der Waals surface area contributed by atoms with E-state index in [0.29, 0.717) is 12.3 Å². The van der Waals surface area contributed by atoms with Crippen molar-refractivity contribution in [3.8, 4) is 5.75 Å². The van der Waals surface area contributed by atoms with Gasteiger partial charge in [0.1, 0.15) is 17.6 Å². The first-order chi connectivity index (χ1) is 11.9. The topological polar surface area (TPSA) is 52.6 Å². The van der Waals surface area contributed by atoms with Crippen molar-refractivity contribution in [1.29, 1.82) is 0 Å². The van der Waals surface area contributed by atoms with E-state index in [4.69, 9.17) is 9.47 Å².